The highest BCUT2D eigenvalue weighted by Crippen LogP contribution is 2.35. The molecule has 0 aromatic heterocycles. The second kappa shape index (κ2) is 6.58. The number of aryl methyl sites for hydroxylation is 1. The molecule has 0 saturated heterocycles. The van der Waals surface area contributed by atoms with Gasteiger partial charge in [0, 0.05) is 17.6 Å². The molecule has 0 bridgehead atoms. The van der Waals surface area contributed by atoms with Gasteiger partial charge in [-0.2, -0.15) is 4.99 Å². The van der Waals surface area contributed by atoms with E-state index in [-0.39, 0.29) is 5.96 Å². The van der Waals surface area contributed by atoms with E-state index in [4.69, 9.17) is 16.2 Å². The monoisotopic (exact) mass is 321 g/mol. The highest BCUT2D eigenvalue weighted by molar-refractivity contribution is 6.04. The molecule has 1 aliphatic carbocycles. The lowest BCUT2D eigenvalue weighted by molar-refractivity contribution is -0.114. The average Bonchev–Trinajstić information content (AvgIpc) is 2.77. The van der Waals surface area contributed by atoms with Crippen LogP contribution in [0.3, 0.4) is 0 Å². The normalized spacial score (nSPS) is 16.4. The standard InChI is InChI=1S/C19H19N3O2/c1-12-5-2-3-7-14(12)15-9-10-24-17-8-4-6-13(11-16(15)17)18(23)22-19(20)21/h2-7,9,11H,8,10H2,1H3,(H4,20,21,22,23). The lowest BCUT2D eigenvalue weighted by atomic mass is 9.91. The molecule has 5 heteroatoms. The van der Waals surface area contributed by atoms with Crippen LogP contribution in [0.25, 0.3) is 5.57 Å². The Morgan fingerprint density at radius 1 is 1.25 bits per heavy atom. The first-order valence-electron chi connectivity index (χ1n) is 7.71. The summed E-state index contributed by atoms with van der Waals surface area (Å²) in [4.78, 5) is 15.8. The summed E-state index contributed by atoms with van der Waals surface area (Å²) in [6, 6.07) is 8.14. The van der Waals surface area contributed by atoms with Gasteiger partial charge in [-0.3, -0.25) is 4.79 Å². The maximum absolute atomic E-state index is 12.2. The zero-order chi connectivity index (χ0) is 17.1. The minimum absolute atomic E-state index is 0.248. The fourth-order valence-electron chi connectivity index (χ4n) is 2.83. The third-order valence-electron chi connectivity index (χ3n) is 3.95. The van der Waals surface area contributed by atoms with Crippen molar-refractivity contribution in [3.8, 4) is 0 Å². The molecule has 1 amide bonds. The Bertz CT molecular complexity index is 838. The van der Waals surface area contributed by atoms with Crippen LogP contribution in [0.2, 0.25) is 0 Å². The van der Waals surface area contributed by atoms with Gasteiger partial charge in [0.1, 0.15) is 12.4 Å². The molecule has 24 heavy (non-hydrogen) atoms. The van der Waals surface area contributed by atoms with Crippen LogP contribution in [0.5, 0.6) is 0 Å². The van der Waals surface area contributed by atoms with Crippen LogP contribution in [0.1, 0.15) is 17.5 Å². The number of carbonyl (C=O) groups excluding carboxylic acids is 1. The molecule has 0 radical (unpaired) electrons. The molecule has 1 aromatic carbocycles. The van der Waals surface area contributed by atoms with E-state index >= 15 is 0 Å². The molecule has 1 aliphatic heterocycles. The average molecular weight is 321 g/mol. The Morgan fingerprint density at radius 3 is 2.79 bits per heavy atom. The molecule has 0 unspecified atom stereocenters. The molecule has 0 fully saturated rings. The SMILES string of the molecule is Cc1ccccc1C1=CCOC2=C1C=C(C(=O)N=C(N)N)C=CC2. The first kappa shape index (κ1) is 15.8. The summed E-state index contributed by atoms with van der Waals surface area (Å²) in [5, 5.41) is 0. The van der Waals surface area contributed by atoms with Crippen molar-refractivity contribution in [2.45, 2.75) is 13.3 Å². The Morgan fingerprint density at radius 2 is 2.04 bits per heavy atom. The summed E-state index contributed by atoms with van der Waals surface area (Å²) in [5.74, 6) is 0.136. The lowest BCUT2D eigenvalue weighted by Crippen LogP contribution is -2.24. The number of hydrogen-bond acceptors (Lipinski definition) is 2. The third-order valence-corrected chi connectivity index (χ3v) is 3.95. The van der Waals surface area contributed by atoms with E-state index < -0.39 is 5.91 Å². The van der Waals surface area contributed by atoms with Gasteiger partial charge in [-0.1, -0.05) is 36.4 Å². The van der Waals surface area contributed by atoms with E-state index in [2.05, 4.69) is 24.0 Å². The number of benzene rings is 1. The van der Waals surface area contributed by atoms with E-state index in [0.717, 1.165) is 22.5 Å². The zero-order valence-corrected chi connectivity index (χ0v) is 13.5. The molecule has 0 spiro atoms. The maximum Gasteiger partial charge on any atom is 0.280 e. The number of nitrogens with two attached hydrogens (primary N) is 2. The van der Waals surface area contributed by atoms with Gasteiger partial charge in [0.05, 0.1) is 0 Å². The van der Waals surface area contributed by atoms with Gasteiger partial charge in [-0.15, -0.1) is 0 Å². The van der Waals surface area contributed by atoms with Gasteiger partial charge in [-0.25, -0.2) is 0 Å². The van der Waals surface area contributed by atoms with Crippen molar-refractivity contribution >= 4 is 17.4 Å². The van der Waals surface area contributed by atoms with Crippen molar-refractivity contribution < 1.29 is 9.53 Å². The van der Waals surface area contributed by atoms with Gasteiger partial charge in [0.15, 0.2) is 5.96 Å². The number of rotatable bonds is 2. The Kier molecular flexibility index (Phi) is 4.33. The molecule has 3 rings (SSSR count). The van der Waals surface area contributed by atoms with E-state index in [1.165, 1.54) is 5.56 Å². The van der Waals surface area contributed by atoms with Crippen LogP contribution in [0, 0.1) is 6.92 Å². The summed E-state index contributed by atoms with van der Waals surface area (Å²) < 4.78 is 5.77. The predicted molar refractivity (Wildman–Crippen MR) is 94.8 cm³/mol. The summed E-state index contributed by atoms with van der Waals surface area (Å²) >= 11 is 0. The van der Waals surface area contributed by atoms with Crippen LogP contribution in [-0.2, 0) is 9.53 Å². The molecule has 2 aliphatic rings. The summed E-state index contributed by atoms with van der Waals surface area (Å²) in [6.45, 7) is 2.58. The number of guanidine groups is 1. The second-order valence-corrected chi connectivity index (χ2v) is 5.63. The van der Waals surface area contributed by atoms with Crippen LogP contribution in [0.15, 0.2) is 70.5 Å². The van der Waals surface area contributed by atoms with Gasteiger partial charge < -0.3 is 16.2 Å². The third kappa shape index (κ3) is 3.15. The molecule has 122 valence electrons. The maximum atomic E-state index is 12.2. The van der Waals surface area contributed by atoms with Crippen molar-refractivity contribution in [2.24, 2.45) is 16.5 Å². The first-order valence-corrected chi connectivity index (χ1v) is 7.71. The summed E-state index contributed by atoms with van der Waals surface area (Å²) in [7, 11) is 0. The van der Waals surface area contributed by atoms with Gasteiger partial charge in [-0.05, 0) is 35.8 Å². The molecule has 1 heterocycles. The Hall–Kier alpha value is -3.08. The van der Waals surface area contributed by atoms with Gasteiger partial charge in [0.25, 0.3) is 5.91 Å². The minimum atomic E-state index is -0.463. The first-order chi connectivity index (χ1) is 11.6. The Labute approximate surface area is 140 Å². The van der Waals surface area contributed by atoms with Crippen LogP contribution >= 0.6 is 0 Å². The van der Waals surface area contributed by atoms with Crippen LogP contribution in [0.4, 0.5) is 0 Å². The number of carbonyl (C=O) groups is 1. The van der Waals surface area contributed by atoms with Crippen LogP contribution < -0.4 is 11.5 Å². The molecular weight excluding hydrogens is 302 g/mol. The topological polar surface area (TPSA) is 90.7 Å². The van der Waals surface area contributed by atoms with Gasteiger partial charge >= 0.3 is 0 Å². The molecule has 5 nitrogen and oxygen atoms in total. The molecule has 1 aromatic rings. The highest BCUT2D eigenvalue weighted by atomic mass is 16.5. The quantitative estimate of drug-likeness (QED) is 0.646. The number of ether oxygens (including phenoxy) is 1. The van der Waals surface area contributed by atoms with Crippen molar-refractivity contribution in [2.75, 3.05) is 6.61 Å². The molecule has 0 saturated carbocycles. The van der Waals surface area contributed by atoms with E-state index in [1.807, 2.05) is 24.3 Å². The van der Waals surface area contributed by atoms with E-state index in [1.54, 1.807) is 12.2 Å². The highest BCUT2D eigenvalue weighted by Gasteiger charge is 2.21. The fourth-order valence-corrected chi connectivity index (χ4v) is 2.83. The van der Waals surface area contributed by atoms with Crippen molar-refractivity contribution in [1.82, 2.24) is 0 Å². The van der Waals surface area contributed by atoms with Crippen molar-refractivity contribution in [3.05, 3.63) is 76.6 Å². The second-order valence-electron chi connectivity index (χ2n) is 5.63. The number of nitrogens with zero attached hydrogens (tertiary/aromatic N) is 1. The largest absolute Gasteiger partial charge is 0.493 e. The number of allylic oxidation sites excluding steroid dienone is 4. The summed E-state index contributed by atoms with van der Waals surface area (Å²) in [6.07, 6.45) is 8.06. The number of amides is 1. The number of aliphatic imine (C=N–C) groups is 1. The Balaban J connectivity index is 2.08. The smallest absolute Gasteiger partial charge is 0.280 e. The molecule has 0 atom stereocenters. The molecular formula is C19H19N3O2. The van der Waals surface area contributed by atoms with E-state index in [0.29, 0.717) is 18.6 Å². The zero-order valence-electron chi connectivity index (χ0n) is 13.5. The van der Waals surface area contributed by atoms with Crippen molar-refractivity contribution in [3.63, 3.8) is 0 Å². The summed E-state index contributed by atoms with van der Waals surface area (Å²) in [5.41, 5.74) is 15.3. The molecule has 4 N–H and O–H groups in total. The number of hydrogen-bond donors (Lipinski definition) is 2. The lowest BCUT2D eigenvalue weighted by Gasteiger charge is -2.21. The predicted octanol–water partition coefficient (Wildman–Crippen LogP) is 2.35. The van der Waals surface area contributed by atoms with Crippen LogP contribution in [-0.4, -0.2) is 18.5 Å². The fraction of sp³-hybridized carbons (Fsp3) is 0.158. The van der Waals surface area contributed by atoms with E-state index in [9.17, 15) is 4.79 Å². The van der Waals surface area contributed by atoms with Crippen molar-refractivity contribution in [1.29, 1.82) is 0 Å². The minimum Gasteiger partial charge on any atom is -0.493 e. The van der Waals surface area contributed by atoms with Gasteiger partial charge in [0.2, 0.25) is 0 Å².